The molecular formula is C19H19N3OS. The number of hydrogen-bond acceptors (Lipinski definition) is 5. The van der Waals surface area contributed by atoms with E-state index in [4.69, 9.17) is 9.72 Å². The molecule has 0 radical (unpaired) electrons. The minimum atomic E-state index is 0.344. The first-order valence-electron chi connectivity index (χ1n) is 8.15. The summed E-state index contributed by atoms with van der Waals surface area (Å²) < 4.78 is 9.93. The standard InChI is InChI=1S/C19H19N3OS/c1-23-16-10-5-9-15(13-16)17-11-6-12-22(17)19-20-18(21-24-19)14-7-3-2-4-8-14/h2-5,7-10,13,17H,6,11-12H2,1H3. The van der Waals surface area contributed by atoms with Crippen molar-refractivity contribution >= 4 is 16.7 Å². The number of methoxy groups -OCH3 is 1. The van der Waals surface area contributed by atoms with E-state index >= 15 is 0 Å². The summed E-state index contributed by atoms with van der Waals surface area (Å²) in [5.41, 5.74) is 2.35. The van der Waals surface area contributed by atoms with E-state index in [1.54, 1.807) is 7.11 Å². The second-order valence-corrected chi connectivity index (χ2v) is 6.62. The lowest BCUT2D eigenvalue weighted by Crippen LogP contribution is -2.22. The summed E-state index contributed by atoms with van der Waals surface area (Å²) in [4.78, 5) is 7.16. The third-order valence-electron chi connectivity index (χ3n) is 4.42. The zero-order valence-electron chi connectivity index (χ0n) is 13.6. The third kappa shape index (κ3) is 2.87. The summed E-state index contributed by atoms with van der Waals surface area (Å²) in [5, 5.41) is 0.999. The van der Waals surface area contributed by atoms with Gasteiger partial charge in [0.05, 0.1) is 13.2 Å². The fourth-order valence-corrected chi connectivity index (χ4v) is 3.99. The van der Waals surface area contributed by atoms with Crippen LogP contribution >= 0.6 is 11.5 Å². The highest BCUT2D eigenvalue weighted by atomic mass is 32.1. The Hall–Kier alpha value is -2.40. The van der Waals surface area contributed by atoms with Crippen LogP contribution < -0.4 is 9.64 Å². The zero-order chi connectivity index (χ0) is 16.4. The Morgan fingerprint density at radius 2 is 2.00 bits per heavy atom. The molecule has 2 heterocycles. The Morgan fingerprint density at radius 3 is 2.83 bits per heavy atom. The molecule has 0 spiro atoms. The van der Waals surface area contributed by atoms with Crippen LogP contribution in [-0.2, 0) is 0 Å². The van der Waals surface area contributed by atoms with E-state index in [-0.39, 0.29) is 0 Å². The fraction of sp³-hybridized carbons (Fsp3) is 0.263. The predicted octanol–water partition coefficient (Wildman–Crippen LogP) is 4.56. The number of nitrogens with zero attached hydrogens (tertiary/aromatic N) is 3. The van der Waals surface area contributed by atoms with Crippen molar-refractivity contribution in [2.24, 2.45) is 0 Å². The molecule has 0 amide bonds. The summed E-state index contributed by atoms with van der Waals surface area (Å²) in [6.45, 7) is 1.02. The number of aromatic nitrogens is 2. The molecule has 1 unspecified atom stereocenters. The normalized spacial score (nSPS) is 17.2. The third-order valence-corrected chi connectivity index (χ3v) is 5.18. The average Bonchev–Trinajstić information content (AvgIpc) is 3.31. The molecule has 1 saturated heterocycles. The van der Waals surface area contributed by atoms with E-state index in [9.17, 15) is 0 Å². The maximum atomic E-state index is 5.37. The average molecular weight is 337 g/mol. The smallest absolute Gasteiger partial charge is 0.206 e. The Balaban J connectivity index is 1.62. The van der Waals surface area contributed by atoms with Crippen molar-refractivity contribution in [2.75, 3.05) is 18.6 Å². The molecule has 1 aromatic heterocycles. The lowest BCUT2D eigenvalue weighted by atomic mass is 10.0. The first-order chi connectivity index (χ1) is 11.8. The van der Waals surface area contributed by atoms with Gasteiger partial charge in [0.15, 0.2) is 5.82 Å². The van der Waals surface area contributed by atoms with Crippen molar-refractivity contribution in [1.29, 1.82) is 0 Å². The molecule has 122 valence electrons. The van der Waals surface area contributed by atoms with Gasteiger partial charge in [-0.2, -0.15) is 9.36 Å². The lowest BCUT2D eigenvalue weighted by molar-refractivity contribution is 0.414. The predicted molar refractivity (Wildman–Crippen MR) is 97.7 cm³/mol. The van der Waals surface area contributed by atoms with Gasteiger partial charge in [0, 0.05) is 23.6 Å². The van der Waals surface area contributed by atoms with E-state index in [2.05, 4.69) is 39.6 Å². The molecule has 1 aliphatic heterocycles. The van der Waals surface area contributed by atoms with Crippen molar-refractivity contribution in [1.82, 2.24) is 9.36 Å². The van der Waals surface area contributed by atoms with Crippen molar-refractivity contribution in [3.05, 3.63) is 60.2 Å². The van der Waals surface area contributed by atoms with Crippen molar-refractivity contribution in [2.45, 2.75) is 18.9 Å². The van der Waals surface area contributed by atoms with Gasteiger partial charge in [-0.3, -0.25) is 0 Å². The van der Waals surface area contributed by atoms with Gasteiger partial charge in [0.25, 0.3) is 0 Å². The zero-order valence-corrected chi connectivity index (χ0v) is 14.4. The molecule has 0 N–H and O–H groups in total. The molecule has 24 heavy (non-hydrogen) atoms. The van der Waals surface area contributed by atoms with Crippen LogP contribution in [0.3, 0.4) is 0 Å². The minimum Gasteiger partial charge on any atom is -0.497 e. The maximum absolute atomic E-state index is 5.37. The molecule has 1 atom stereocenters. The second kappa shape index (κ2) is 6.61. The van der Waals surface area contributed by atoms with Gasteiger partial charge >= 0.3 is 0 Å². The maximum Gasteiger partial charge on any atom is 0.206 e. The molecule has 1 aliphatic rings. The highest BCUT2D eigenvalue weighted by Gasteiger charge is 2.29. The SMILES string of the molecule is COc1cccc(C2CCCN2c2nc(-c3ccccc3)ns2)c1. The monoisotopic (exact) mass is 337 g/mol. The van der Waals surface area contributed by atoms with Crippen LogP contribution in [0, 0.1) is 0 Å². The van der Waals surface area contributed by atoms with Gasteiger partial charge in [-0.25, -0.2) is 0 Å². The largest absolute Gasteiger partial charge is 0.497 e. The molecular weight excluding hydrogens is 318 g/mol. The van der Waals surface area contributed by atoms with Crippen molar-refractivity contribution in [3.8, 4) is 17.1 Å². The number of benzene rings is 2. The van der Waals surface area contributed by atoms with Gasteiger partial charge in [-0.05, 0) is 30.5 Å². The van der Waals surface area contributed by atoms with Crippen LogP contribution in [0.25, 0.3) is 11.4 Å². The number of rotatable bonds is 4. The highest BCUT2D eigenvalue weighted by molar-refractivity contribution is 7.09. The van der Waals surface area contributed by atoms with E-state index in [0.29, 0.717) is 6.04 Å². The molecule has 0 aliphatic carbocycles. The molecule has 2 aromatic carbocycles. The van der Waals surface area contributed by atoms with Crippen LogP contribution in [0.5, 0.6) is 5.75 Å². The van der Waals surface area contributed by atoms with Crippen molar-refractivity contribution in [3.63, 3.8) is 0 Å². The first-order valence-corrected chi connectivity index (χ1v) is 8.92. The summed E-state index contributed by atoms with van der Waals surface area (Å²) in [6.07, 6.45) is 2.30. The van der Waals surface area contributed by atoms with Crippen LogP contribution in [-0.4, -0.2) is 23.0 Å². The summed E-state index contributed by atoms with van der Waals surface area (Å²) in [5.74, 6) is 1.72. The molecule has 0 bridgehead atoms. The summed E-state index contributed by atoms with van der Waals surface area (Å²) in [6, 6.07) is 18.8. The first kappa shape index (κ1) is 15.1. The van der Waals surface area contributed by atoms with E-state index in [1.807, 2.05) is 24.3 Å². The lowest BCUT2D eigenvalue weighted by Gasteiger charge is -2.24. The Labute approximate surface area is 145 Å². The van der Waals surface area contributed by atoms with E-state index < -0.39 is 0 Å². The quantitative estimate of drug-likeness (QED) is 0.700. The Bertz CT molecular complexity index is 818. The van der Waals surface area contributed by atoms with Crippen LogP contribution in [0.15, 0.2) is 54.6 Å². The van der Waals surface area contributed by atoms with Gasteiger partial charge in [-0.1, -0.05) is 42.5 Å². The van der Waals surface area contributed by atoms with Gasteiger partial charge in [0.2, 0.25) is 5.13 Å². The van der Waals surface area contributed by atoms with Crippen LogP contribution in [0.1, 0.15) is 24.4 Å². The van der Waals surface area contributed by atoms with E-state index in [0.717, 1.165) is 35.2 Å². The van der Waals surface area contributed by atoms with Crippen LogP contribution in [0.4, 0.5) is 5.13 Å². The number of hydrogen-bond donors (Lipinski definition) is 0. The molecule has 5 heteroatoms. The van der Waals surface area contributed by atoms with Gasteiger partial charge in [-0.15, -0.1) is 0 Å². The molecule has 4 rings (SSSR count). The number of ether oxygens (including phenoxy) is 1. The fourth-order valence-electron chi connectivity index (χ4n) is 3.23. The Kier molecular flexibility index (Phi) is 4.17. The van der Waals surface area contributed by atoms with Crippen molar-refractivity contribution < 1.29 is 4.74 Å². The molecule has 4 nitrogen and oxygen atoms in total. The van der Waals surface area contributed by atoms with Gasteiger partial charge < -0.3 is 9.64 Å². The highest BCUT2D eigenvalue weighted by Crippen LogP contribution is 2.38. The molecule has 1 fully saturated rings. The van der Waals surface area contributed by atoms with Gasteiger partial charge in [0.1, 0.15) is 5.75 Å². The minimum absolute atomic E-state index is 0.344. The van der Waals surface area contributed by atoms with Crippen LogP contribution in [0.2, 0.25) is 0 Å². The summed E-state index contributed by atoms with van der Waals surface area (Å²) >= 11 is 1.48. The Morgan fingerprint density at radius 1 is 1.12 bits per heavy atom. The number of anilines is 1. The van der Waals surface area contributed by atoms with E-state index in [1.165, 1.54) is 23.5 Å². The molecule has 3 aromatic rings. The second-order valence-electron chi connectivity index (χ2n) is 5.89. The topological polar surface area (TPSA) is 38.2 Å². The summed E-state index contributed by atoms with van der Waals surface area (Å²) in [7, 11) is 1.71. The molecule has 0 saturated carbocycles.